The highest BCUT2D eigenvalue weighted by atomic mass is 32.2. The second-order valence-electron chi connectivity index (χ2n) is 8.35. The number of rotatable bonds is 4. The summed E-state index contributed by atoms with van der Waals surface area (Å²) in [5, 5.41) is 12.1. The molecular formula is C25H21N5O2S. The van der Waals surface area contributed by atoms with E-state index in [0.717, 1.165) is 44.2 Å². The molecule has 4 N–H and O–H groups in total. The molecule has 6 rings (SSSR count). The van der Waals surface area contributed by atoms with Gasteiger partial charge in [-0.25, -0.2) is 18.8 Å². The first-order valence-corrected chi connectivity index (χ1v) is 11.7. The molecule has 1 aliphatic heterocycles. The number of hydrogen-bond acceptors (Lipinski definition) is 5. The minimum absolute atomic E-state index is 0.382. The fraction of sp³-hybridized carbons (Fsp3) is 0.120. The Morgan fingerprint density at radius 2 is 1.67 bits per heavy atom. The number of nitrogens with two attached hydrogens (primary N) is 2. The summed E-state index contributed by atoms with van der Waals surface area (Å²) in [6.45, 7) is 1.10. The molecule has 2 aromatic heterocycles. The average Bonchev–Trinajstić information content (AvgIpc) is 3.25. The summed E-state index contributed by atoms with van der Waals surface area (Å²) < 4.78 is 19.0. The van der Waals surface area contributed by atoms with Gasteiger partial charge in [0.1, 0.15) is 11.0 Å². The van der Waals surface area contributed by atoms with Gasteiger partial charge >= 0.3 is 0 Å². The second kappa shape index (κ2) is 7.57. The molecule has 3 heterocycles. The smallest absolute Gasteiger partial charge is 0.162 e. The molecular weight excluding hydrogens is 434 g/mol. The number of ether oxygens (including phenoxy) is 1. The van der Waals surface area contributed by atoms with Crippen molar-refractivity contribution in [3.05, 3.63) is 84.8 Å². The fourth-order valence-electron chi connectivity index (χ4n) is 4.38. The molecule has 1 fully saturated rings. The van der Waals surface area contributed by atoms with Crippen LogP contribution in [0, 0.1) is 0 Å². The molecule has 7 nitrogen and oxygen atoms in total. The molecule has 164 valence electrons. The van der Waals surface area contributed by atoms with Crippen LogP contribution < -0.4 is 10.9 Å². The molecule has 0 spiro atoms. The van der Waals surface area contributed by atoms with Crippen molar-refractivity contribution >= 4 is 27.4 Å². The molecule has 33 heavy (non-hydrogen) atoms. The highest BCUT2D eigenvalue weighted by molar-refractivity contribution is 7.83. The zero-order valence-corrected chi connectivity index (χ0v) is 18.5. The van der Waals surface area contributed by atoms with Crippen LogP contribution >= 0.6 is 0 Å². The number of hydrogen-bond donors (Lipinski definition) is 2. The first-order chi connectivity index (χ1) is 16.0. The maximum absolute atomic E-state index is 12.0. The lowest BCUT2D eigenvalue weighted by atomic mass is 9.88. The maximum Gasteiger partial charge on any atom is 0.162 e. The fourth-order valence-corrected chi connectivity index (χ4v) is 4.98. The third kappa shape index (κ3) is 3.27. The van der Waals surface area contributed by atoms with E-state index in [1.165, 1.54) is 0 Å². The Balaban J connectivity index is 1.41. The van der Waals surface area contributed by atoms with E-state index >= 15 is 0 Å². The molecule has 1 saturated heterocycles. The summed E-state index contributed by atoms with van der Waals surface area (Å²) in [7, 11) is -1.57. The lowest BCUT2D eigenvalue weighted by Gasteiger charge is -2.38. The lowest BCUT2D eigenvalue weighted by molar-refractivity contribution is -0.0569. The molecule has 0 aliphatic carbocycles. The van der Waals surface area contributed by atoms with Crippen molar-refractivity contribution in [3.8, 4) is 22.3 Å². The average molecular weight is 456 g/mol. The van der Waals surface area contributed by atoms with Crippen molar-refractivity contribution in [1.82, 2.24) is 14.6 Å². The molecule has 0 saturated carbocycles. The summed E-state index contributed by atoms with van der Waals surface area (Å²) in [6.07, 6.45) is 5.63. The van der Waals surface area contributed by atoms with Crippen LogP contribution in [0.5, 0.6) is 0 Å². The zero-order chi connectivity index (χ0) is 22.6. The minimum Gasteiger partial charge on any atom is -0.377 e. The Morgan fingerprint density at radius 3 is 2.36 bits per heavy atom. The van der Waals surface area contributed by atoms with Crippen LogP contribution in [-0.2, 0) is 21.3 Å². The van der Waals surface area contributed by atoms with Gasteiger partial charge in [-0.3, -0.25) is 0 Å². The van der Waals surface area contributed by atoms with Gasteiger partial charge in [0, 0.05) is 23.5 Å². The van der Waals surface area contributed by atoms with Crippen LogP contribution in [0.2, 0.25) is 0 Å². The van der Waals surface area contributed by atoms with E-state index in [9.17, 15) is 4.21 Å². The molecule has 0 amide bonds. The monoisotopic (exact) mass is 455 g/mol. The van der Waals surface area contributed by atoms with Crippen LogP contribution in [0.1, 0.15) is 5.56 Å². The van der Waals surface area contributed by atoms with Crippen molar-refractivity contribution in [3.63, 3.8) is 0 Å². The molecule has 1 unspecified atom stereocenters. The second-order valence-corrected chi connectivity index (χ2v) is 9.38. The third-order valence-corrected chi connectivity index (χ3v) is 7.05. The summed E-state index contributed by atoms with van der Waals surface area (Å²) in [5.41, 5.74) is 11.6. The number of fused-ring (bicyclic) bond motifs is 2. The molecule has 0 bridgehead atoms. The topological polar surface area (TPSA) is 109 Å². The van der Waals surface area contributed by atoms with E-state index < -0.39 is 11.0 Å². The van der Waals surface area contributed by atoms with Crippen LogP contribution in [0.15, 0.2) is 84.1 Å². The van der Waals surface area contributed by atoms with Crippen molar-refractivity contribution in [1.29, 1.82) is 0 Å². The Bertz CT molecular complexity index is 1540. The van der Waals surface area contributed by atoms with E-state index in [0.29, 0.717) is 18.1 Å². The zero-order valence-electron chi connectivity index (χ0n) is 17.6. The number of nitrogens with zero attached hydrogens (tertiary/aromatic N) is 3. The first kappa shape index (κ1) is 20.2. The summed E-state index contributed by atoms with van der Waals surface area (Å²) in [4.78, 5) is 5.34. The van der Waals surface area contributed by atoms with Gasteiger partial charge in [-0.2, -0.15) is 5.10 Å². The molecule has 1 aliphatic rings. The molecule has 5 aromatic rings. The van der Waals surface area contributed by atoms with Crippen LogP contribution in [0.4, 0.5) is 0 Å². The first-order valence-electron chi connectivity index (χ1n) is 10.5. The highest BCUT2D eigenvalue weighted by Gasteiger charge is 2.35. The van der Waals surface area contributed by atoms with Gasteiger partial charge in [-0.15, -0.1) is 0 Å². The summed E-state index contributed by atoms with van der Waals surface area (Å²) >= 11 is 0. The normalized spacial score (nSPS) is 16.1. The summed E-state index contributed by atoms with van der Waals surface area (Å²) in [6, 6.07) is 19.7. The van der Waals surface area contributed by atoms with Gasteiger partial charge < -0.3 is 10.5 Å². The van der Waals surface area contributed by atoms with Crippen molar-refractivity contribution in [2.24, 2.45) is 10.9 Å². The predicted octanol–water partition coefficient (Wildman–Crippen LogP) is 3.38. The maximum atomic E-state index is 12.0. The molecule has 0 radical (unpaired) electrons. The van der Waals surface area contributed by atoms with Crippen LogP contribution in [0.3, 0.4) is 0 Å². The van der Waals surface area contributed by atoms with E-state index in [1.54, 1.807) is 4.52 Å². The molecule has 8 heteroatoms. The lowest BCUT2D eigenvalue weighted by Crippen LogP contribution is -2.54. The Kier molecular flexibility index (Phi) is 4.63. The largest absolute Gasteiger partial charge is 0.377 e. The van der Waals surface area contributed by atoms with Gasteiger partial charge in [0.25, 0.3) is 0 Å². The van der Waals surface area contributed by atoms with Gasteiger partial charge in [0.2, 0.25) is 0 Å². The van der Waals surface area contributed by atoms with Gasteiger partial charge in [-0.1, -0.05) is 54.6 Å². The van der Waals surface area contributed by atoms with E-state index in [4.69, 9.17) is 20.6 Å². The predicted molar refractivity (Wildman–Crippen MR) is 129 cm³/mol. The molecule has 3 aromatic carbocycles. The molecule has 1 atom stereocenters. The van der Waals surface area contributed by atoms with Gasteiger partial charge in [0.15, 0.2) is 5.65 Å². The van der Waals surface area contributed by atoms with Crippen LogP contribution in [-0.4, -0.2) is 32.0 Å². The van der Waals surface area contributed by atoms with Crippen molar-refractivity contribution in [2.75, 3.05) is 13.2 Å². The van der Waals surface area contributed by atoms with Crippen molar-refractivity contribution in [2.45, 2.75) is 10.4 Å². The SMILES string of the molecule is NS(=O)c1ccc(-c2cnn3cc(-c4ccc(C5(N)COC5)cc4)cnc23)c2ccccc12. The van der Waals surface area contributed by atoms with Gasteiger partial charge in [-0.05, 0) is 33.5 Å². The number of aromatic nitrogens is 3. The Morgan fingerprint density at radius 1 is 0.909 bits per heavy atom. The van der Waals surface area contributed by atoms with E-state index in [2.05, 4.69) is 17.2 Å². The van der Waals surface area contributed by atoms with Crippen LogP contribution in [0.25, 0.3) is 38.7 Å². The van der Waals surface area contributed by atoms with E-state index in [-0.39, 0.29) is 5.54 Å². The standard InChI is InChI=1S/C25H21N5O2S/c26-25(14-32-15-25)18-7-5-16(6-8-18)17-11-28-24-22(12-29-30(24)13-17)20-9-10-23(33(27)31)21-4-2-1-3-19(20)21/h1-13H,14-15,26-27H2. The Labute approximate surface area is 192 Å². The van der Waals surface area contributed by atoms with Crippen molar-refractivity contribution < 1.29 is 8.95 Å². The minimum atomic E-state index is -1.57. The van der Waals surface area contributed by atoms with Gasteiger partial charge in [0.05, 0.1) is 29.8 Å². The Hall–Kier alpha value is -3.43. The highest BCUT2D eigenvalue weighted by Crippen LogP contribution is 2.34. The quantitative estimate of drug-likeness (QED) is 0.432. The van der Waals surface area contributed by atoms with E-state index in [1.807, 2.05) is 67.1 Å². The number of benzene rings is 3. The summed E-state index contributed by atoms with van der Waals surface area (Å²) in [5.74, 6) is 0. The third-order valence-electron chi connectivity index (χ3n) is 6.26.